The zero-order chi connectivity index (χ0) is 21.9. The van der Waals surface area contributed by atoms with Crippen LogP contribution >= 0.6 is 11.3 Å². The highest BCUT2D eigenvalue weighted by Gasteiger charge is 2.13. The van der Waals surface area contributed by atoms with Gasteiger partial charge in [0.25, 0.3) is 5.56 Å². The Morgan fingerprint density at radius 1 is 1.09 bits per heavy atom. The van der Waals surface area contributed by atoms with E-state index in [1.807, 2.05) is 71.6 Å². The standard InChI is InChI=1S/C24H21N5O2S/c1-2-3-13-31-20-11-9-17(10-12-20)22-18(15-28(27-22)19-7-5-4-6-8-19)14-21-23(30)29-24(32-21)25-16-26-29/h4-12,14-16H,2-3,13H2,1H3/b21-14-. The lowest BCUT2D eigenvalue weighted by atomic mass is 10.1. The van der Waals surface area contributed by atoms with Gasteiger partial charge in [-0.15, -0.1) is 0 Å². The van der Waals surface area contributed by atoms with Crippen molar-refractivity contribution in [1.82, 2.24) is 24.4 Å². The smallest absolute Gasteiger partial charge is 0.291 e. The summed E-state index contributed by atoms with van der Waals surface area (Å²) in [5.74, 6) is 0.836. The number of hydrogen-bond acceptors (Lipinski definition) is 6. The van der Waals surface area contributed by atoms with E-state index in [-0.39, 0.29) is 5.56 Å². The van der Waals surface area contributed by atoms with Crippen molar-refractivity contribution < 1.29 is 4.74 Å². The van der Waals surface area contributed by atoms with E-state index in [1.165, 1.54) is 22.2 Å². The highest BCUT2D eigenvalue weighted by molar-refractivity contribution is 7.15. The number of para-hydroxylation sites is 1. The topological polar surface area (TPSA) is 74.3 Å². The average molecular weight is 444 g/mol. The number of hydrogen-bond donors (Lipinski definition) is 0. The third-order valence-electron chi connectivity index (χ3n) is 5.07. The first-order valence-electron chi connectivity index (χ1n) is 10.5. The Kier molecular flexibility index (Phi) is 5.51. The largest absolute Gasteiger partial charge is 0.494 e. The fourth-order valence-corrected chi connectivity index (χ4v) is 4.27. The lowest BCUT2D eigenvalue weighted by molar-refractivity contribution is 0.309. The summed E-state index contributed by atoms with van der Waals surface area (Å²) >= 11 is 1.31. The summed E-state index contributed by atoms with van der Waals surface area (Å²) in [4.78, 5) is 17.4. The van der Waals surface area contributed by atoms with Crippen LogP contribution in [0.3, 0.4) is 0 Å². The highest BCUT2D eigenvalue weighted by atomic mass is 32.1. The van der Waals surface area contributed by atoms with Gasteiger partial charge >= 0.3 is 0 Å². The van der Waals surface area contributed by atoms with Crippen molar-refractivity contribution in [3.05, 3.63) is 87.6 Å². The van der Waals surface area contributed by atoms with E-state index in [0.717, 1.165) is 41.1 Å². The summed E-state index contributed by atoms with van der Waals surface area (Å²) in [5, 5.41) is 8.84. The van der Waals surface area contributed by atoms with Gasteiger partial charge in [-0.3, -0.25) is 4.79 Å². The molecule has 0 saturated carbocycles. The van der Waals surface area contributed by atoms with E-state index in [0.29, 0.717) is 16.1 Å². The molecule has 0 amide bonds. The van der Waals surface area contributed by atoms with Crippen LogP contribution in [0.25, 0.3) is 28.0 Å². The van der Waals surface area contributed by atoms with Crippen LogP contribution in [-0.2, 0) is 0 Å². The molecule has 5 aromatic rings. The molecule has 160 valence electrons. The van der Waals surface area contributed by atoms with Crippen LogP contribution < -0.4 is 14.8 Å². The van der Waals surface area contributed by atoms with E-state index in [4.69, 9.17) is 9.84 Å². The Morgan fingerprint density at radius 2 is 1.91 bits per heavy atom. The molecule has 0 unspecified atom stereocenters. The van der Waals surface area contributed by atoms with Crippen molar-refractivity contribution >= 4 is 22.4 Å². The summed E-state index contributed by atoms with van der Waals surface area (Å²) in [7, 11) is 0. The van der Waals surface area contributed by atoms with Crippen molar-refractivity contribution in [2.45, 2.75) is 19.8 Å². The predicted octanol–water partition coefficient (Wildman–Crippen LogP) is 3.73. The van der Waals surface area contributed by atoms with Crippen LogP contribution in [0.5, 0.6) is 5.75 Å². The number of nitrogens with zero attached hydrogens (tertiary/aromatic N) is 5. The molecule has 3 aromatic heterocycles. The minimum absolute atomic E-state index is 0.180. The zero-order valence-electron chi connectivity index (χ0n) is 17.5. The second-order valence-corrected chi connectivity index (χ2v) is 8.32. The minimum atomic E-state index is -0.180. The van der Waals surface area contributed by atoms with E-state index in [9.17, 15) is 4.79 Å². The molecule has 5 rings (SSSR count). The molecule has 3 heterocycles. The minimum Gasteiger partial charge on any atom is -0.494 e. The van der Waals surface area contributed by atoms with Crippen molar-refractivity contribution in [3.8, 4) is 22.7 Å². The third-order valence-corrected chi connectivity index (χ3v) is 6.04. The fraction of sp³-hybridized carbons (Fsp3) is 0.167. The monoisotopic (exact) mass is 443 g/mol. The summed E-state index contributed by atoms with van der Waals surface area (Å²) in [6.07, 6.45) is 7.31. The molecule has 0 bridgehead atoms. The Labute approximate surface area is 188 Å². The molecule has 2 aromatic carbocycles. The van der Waals surface area contributed by atoms with Crippen LogP contribution in [0.2, 0.25) is 0 Å². The molecule has 0 atom stereocenters. The summed E-state index contributed by atoms with van der Waals surface area (Å²) in [5.41, 5.74) is 3.33. The zero-order valence-corrected chi connectivity index (χ0v) is 18.3. The van der Waals surface area contributed by atoms with Crippen molar-refractivity contribution in [1.29, 1.82) is 0 Å². The second-order valence-electron chi connectivity index (χ2n) is 7.31. The van der Waals surface area contributed by atoms with Crippen LogP contribution in [-0.4, -0.2) is 31.0 Å². The summed E-state index contributed by atoms with van der Waals surface area (Å²) in [6.45, 7) is 2.85. The fourth-order valence-electron chi connectivity index (χ4n) is 3.39. The second kappa shape index (κ2) is 8.76. The molecule has 0 aliphatic heterocycles. The molecular weight excluding hydrogens is 422 g/mol. The van der Waals surface area contributed by atoms with Crippen LogP contribution in [0, 0.1) is 0 Å². The molecule has 8 heteroatoms. The van der Waals surface area contributed by atoms with E-state index >= 15 is 0 Å². The van der Waals surface area contributed by atoms with Crippen molar-refractivity contribution in [2.75, 3.05) is 6.61 Å². The number of fused-ring (bicyclic) bond motifs is 1. The lowest BCUT2D eigenvalue weighted by Gasteiger charge is -2.06. The number of unbranched alkanes of at least 4 members (excludes halogenated alkanes) is 1. The Hall–Kier alpha value is -3.78. The molecule has 0 aliphatic rings. The maximum atomic E-state index is 12.7. The number of thiazole rings is 1. The molecular formula is C24H21N5O2S. The van der Waals surface area contributed by atoms with Gasteiger partial charge in [-0.2, -0.15) is 14.7 Å². The Balaban J connectivity index is 1.59. The van der Waals surface area contributed by atoms with Crippen molar-refractivity contribution in [3.63, 3.8) is 0 Å². The first kappa shape index (κ1) is 20.1. The molecule has 7 nitrogen and oxygen atoms in total. The quantitative estimate of drug-likeness (QED) is 0.358. The van der Waals surface area contributed by atoms with Gasteiger partial charge in [0.15, 0.2) is 0 Å². The van der Waals surface area contributed by atoms with Crippen LogP contribution in [0.4, 0.5) is 0 Å². The number of aromatic nitrogens is 5. The number of ether oxygens (including phenoxy) is 1. The van der Waals surface area contributed by atoms with E-state index in [1.54, 1.807) is 0 Å². The molecule has 0 aliphatic carbocycles. The van der Waals surface area contributed by atoms with E-state index < -0.39 is 0 Å². The maximum absolute atomic E-state index is 12.7. The van der Waals surface area contributed by atoms with Crippen LogP contribution in [0.1, 0.15) is 25.3 Å². The van der Waals surface area contributed by atoms with Gasteiger partial charge in [0, 0.05) is 17.3 Å². The molecule has 0 spiro atoms. The predicted molar refractivity (Wildman–Crippen MR) is 125 cm³/mol. The van der Waals surface area contributed by atoms with E-state index in [2.05, 4.69) is 17.0 Å². The Bertz CT molecular complexity index is 1450. The third kappa shape index (κ3) is 3.92. The number of rotatable bonds is 7. The maximum Gasteiger partial charge on any atom is 0.291 e. The van der Waals surface area contributed by atoms with Crippen LogP contribution in [0.15, 0.2) is 71.9 Å². The molecule has 0 radical (unpaired) electrons. The van der Waals surface area contributed by atoms with Crippen molar-refractivity contribution in [2.24, 2.45) is 0 Å². The summed E-state index contributed by atoms with van der Waals surface area (Å²) in [6, 6.07) is 17.8. The van der Waals surface area contributed by atoms with Gasteiger partial charge in [0.1, 0.15) is 17.8 Å². The van der Waals surface area contributed by atoms with Gasteiger partial charge in [0.05, 0.1) is 16.8 Å². The van der Waals surface area contributed by atoms with Gasteiger partial charge in [0.2, 0.25) is 4.96 Å². The summed E-state index contributed by atoms with van der Waals surface area (Å²) < 4.78 is 9.50. The normalized spacial score (nSPS) is 12.0. The molecule has 0 N–H and O–H groups in total. The number of benzene rings is 2. The van der Waals surface area contributed by atoms with Gasteiger partial charge in [-0.05, 0) is 48.9 Å². The molecule has 0 saturated heterocycles. The van der Waals surface area contributed by atoms with Gasteiger partial charge in [-0.25, -0.2) is 9.67 Å². The first-order valence-corrected chi connectivity index (χ1v) is 11.3. The lowest BCUT2D eigenvalue weighted by Crippen LogP contribution is -2.23. The molecule has 0 fully saturated rings. The molecule has 32 heavy (non-hydrogen) atoms. The average Bonchev–Trinajstić information content (AvgIpc) is 3.53. The SMILES string of the molecule is CCCCOc1ccc(-c2nn(-c3ccccc3)cc2/C=c2\sc3ncnn3c2=O)cc1. The Morgan fingerprint density at radius 3 is 2.66 bits per heavy atom. The van der Waals surface area contributed by atoms with Gasteiger partial charge < -0.3 is 4.74 Å². The highest BCUT2D eigenvalue weighted by Crippen LogP contribution is 2.26. The van der Waals surface area contributed by atoms with Gasteiger partial charge in [-0.1, -0.05) is 42.9 Å². The first-order chi connectivity index (χ1) is 15.7.